The number of hydrogen-bond donors (Lipinski definition) is 2. The zero-order chi connectivity index (χ0) is 14.7. The van der Waals surface area contributed by atoms with Gasteiger partial charge in [0.15, 0.2) is 0 Å². The second-order valence-electron chi connectivity index (χ2n) is 4.10. The summed E-state index contributed by atoms with van der Waals surface area (Å²) in [7, 11) is 0. The van der Waals surface area contributed by atoms with E-state index in [-0.39, 0.29) is 22.1 Å². The van der Waals surface area contributed by atoms with Gasteiger partial charge < -0.3 is 11.1 Å². The molecule has 1 heterocycles. The number of nitrogens with two attached hydrogens (primary N) is 1. The smallest absolute Gasteiger partial charge is 0.265 e. The maximum atomic E-state index is 13.7. The number of thiophene rings is 1. The Morgan fingerprint density at radius 1 is 1.40 bits per heavy atom. The Labute approximate surface area is 125 Å². The van der Waals surface area contributed by atoms with E-state index < -0.39 is 5.82 Å². The fraction of sp³-hybridized carbons (Fsp3) is 0.143. The largest absolute Gasteiger partial charge is 0.389 e. The summed E-state index contributed by atoms with van der Waals surface area (Å²) in [5.74, 6) is -0.839. The Hall–Kier alpha value is -1.79. The maximum Gasteiger partial charge on any atom is 0.265 e. The van der Waals surface area contributed by atoms with Crippen molar-refractivity contribution in [2.45, 2.75) is 13.3 Å². The van der Waals surface area contributed by atoms with Gasteiger partial charge in [-0.25, -0.2) is 4.39 Å². The molecule has 3 N–H and O–H groups in total. The molecule has 3 nitrogen and oxygen atoms in total. The average Bonchev–Trinajstić information content (AvgIpc) is 2.87. The van der Waals surface area contributed by atoms with Gasteiger partial charge in [0.05, 0.1) is 16.1 Å². The van der Waals surface area contributed by atoms with Crippen LogP contribution in [0.25, 0.3) is 0 Å². The van der Waals surface area contributed by atoms with E-state index in [9.17, 15) is 9.18 Å². The number of amides is 1. The summed E-state index contributed by atoms with van der Waals surface area (Å²) in [6, 6.07) is 7.98. The molecule has 0 atom stereocenters. The molecule has 0 aliphatic heterocycles. The molecule has 1 amide bonds. The highest BCUT2D eigenvalue weighted by Gasteiger charge is 2.15. The second-order valence-corrected chi connectivity index (χ2v) is 5.71. The lowest BCUT2D eigenvalue weighted by Crippen LogP contribution is -2.18. The minimum atomic E-state index is -0.546. The van der Waals surface area contributed by atoms with Crippen LogP contribution in [-0.4, -0.2) is 10.9 Å². The molecular weight excluding hydrogens is 295 g/mol. The molecule has 0 unspecified atom stereocenters. The van der Waals surface area contributed by atoms with E-state index in [1.807, 2.05) is 13.0 Å². The van der Waals surface area contributed by atoms with Crippen LogP contribution in [0.1, 0.15) is 27.0 Å². The topological polar surface area (TPSA) is 55.1 Å². The minimum absolute atomic E-state index is 0.0584. The normalized spacial score (nSPS) is 10.3. The Kier molecular flexibility index (Phi) is 4.46. The van der Waals surface area contributed by atoms with Crippen molar-refractivity contribution in [1.82, 2.24) is 0 Å². The molecule has 104 valence electrons. The first-order valence-corrected chi connectivity index (χ1v) is 7.23. The first kappa shape index (κ1) is 14.6. The average molecular weight is 308 g/mol. The molecule has 0 aliphatic carbocycles. The molecule has 0 saturated carbocycles. The Balaban J connectivity index is 2.28. The number of halogens is 1. The van der Waals surface area contributed by atoms with E-state index >= 15 is 0 Å². The monoisotopic (exact) mass is 308 g/mol. The number of nitrogens with one attached hydrogen (secondary N) is 1. The molecule has 0 bridgehead atoms. The quantitative estimate of drug-likeness (QED) is 0.852. The van der Waals surface area contributed by atoms with Crippen molar-refractivity contribution in [2.24, 2.45) is 5.73 Å². The van der Waals surface area contributed by atoms with Crippen molar-refractivity contribution in [3.8, 4) is 0 Å². The summed E-state index contributed by atoms with van der Waals surface area (Å²) in [5, 5.41) is 2.65. The fourth-order valence-corrected chi connectivity index (χ4v) is 2.80. The SMILES string of the molecule is CCc1ccc(C(=O)Nc2cccc(F)c2C(N)=S)s1. The third-order valence-corrected chi connectivity index (χ3v) is 4.17. The number of carbonyl (C=O) groups is 1. The number of rotatable bonds is 4. The van der Waals surface area contributed by atoms with Crippen molar-refractivity contribution in [3.05, 3.63) is 51.5 Å². The van der Waals surface area contributed by atoms with E-state index in [2.05, 4.69) is 5.32 Å². The standard InChI is InChI=1S/C14H13FN2OS2/c1-2-8-6-7-11(20-8)14(18)17-10-5-3-4-9(15)12(10)13(16)19/h3-7H,2H2,1H3,(H2,16,19)(H,17,18). The molecule has 0 saturated heterocycles. The third-order valence-electron chi connectivity index (χ3n) is 2.74. The van der Waals surface area contributed by atoms with Crippen LogP contribution in [0.5, 0.6) is 0 Å². The van der Waals surface area contributed by atoms with Crippen LogP contribution in [0.2, 0.25) is 0 Å². The highest BCUT2D eigenvalue weighted by molar-refractivity contribution is 7.80. The van der Waals surface area contributed by atoms with E-state index in [1.165, 1.54) is 23.5 Å². The highest BCUT2D eigenvalue weighted by Crippen LogP contribution is 2.22. The van der Waals surface area contributed by atoms with Gasteiger partial charge in [-0.05, 0) is 30.7 Å². The predicted octanol–water partition coefficient (Wildman–Crippen LogP) is 3.34. The second kappa shape index (κ2) is 6.11. The molecule has 1 aromatic carbocycles. The predicted molar refractivity (Wildman–Crippen MR) is 83.9 cm³/mol. The number of benzene rings is 1. The number of anilines is 1. The number of carbonyl (C=O) groups excluding carboxylic acids is 1. The molecule has 20 heavy (non-hydrogen) atoms. The molecular formula is C14H13FN2OS2. The number of aryl methyl sites for hydroxylation is 1. The van der Waals surface area contributed by atoms with Crippen LogP contribution in [0, 0.1) is 5.82 Å². The van der Waals surface area contributed by atoms with Gasteiger partial charge >= 0.3 is 0 Å². The molecule has 6 heteroatoms. The molecule has 0 spiro atoms. The van der Waals surface area contributed by atoms with Crippen LogP contribution in [0.15, 0.2) is 30.3 Å². The van der Waals surface area contributed by atoms with Crippen molar-refractivity contribution in [2.75, 3.05) is 5.32 Å². The van der Waals surface area contributed by atoms with Crippen molar-refractivity contribution in [3.63, 3.8) is 0 Å². The summed E-state index contributed by atoms with van der Waals surface area (Å²) < 4.78 is 13.7. The molecule has 0 fully saturated rings. The van der Waals surface area contributed by atoms with Crippen LogP contribution >= 0.6 is 23.6 Å². The summed E-state index contributed by atoms with van der Waals surface area (Å²) in [4.78, 5) is 13.7. The molecule has 2 aromatic rings. The Morgan fingerprint density at radius 2 is 2.15 bits per heavy atom. The van der Waals surface area contributed by atoms with E-state index in [0.29, 0.717) is 4.88 Å². The zero-order valence-corrected chi connectivity index (χ0v) is 12.4. The Morgan fingerprint density at radius 3 is 2.75 bits per heavy atom. The van der Waals surface area contributed by atoms with Crippen molar-refractivity contribution in [1.29, 1.82) is 0 Å². The summed E-state index contributed by atoms with van der Waals surface area (Å²) in [5.41, 5.74) is 5.84. The van der Waals surface area contributed by atoms with Gasteiger partial charge in [0, 0.05) is 4.88 Å². The van der Waals surface area contributed by atoms with E-state index in [1.54, 1.807) is 12.1 Å². The van der Waals surface area contributed by atoms with Crippen LogP contribution in [0.4, 0.5) is 10.1 Å². The van der Waals surface area contributed by atoms with Gasteiger partial charge in [-0.15, -0.1) is 11.3 Å². The summed E-state index contributed by atoms with van der Waals surface area (Å²) in [6.45, 7) is 2.02. The lowest BCUT2D eigenvalue weighted by molar-refractivity contribution is 0.103. The van der Waals surface area contributed by atoms with Gasteiger partial charge in [-0.3, -0.25) is 4.79 Å². The fourth-order valence-electron chi connectivity index (χ4n) is 1.75. The van der Waals surface area contributed by atoms with Crippen LogP contribution in [0.3, 0.4) is 0 Å². The lowest BCUT2D eigenvalue weighted by Gasteiger charge is -2.10. The number of thiocarbonyl (C=S) groups is 1. The maximum absolute atomic E-state index is 13.7. The molecule has 1 aromatic heterocycles. The van der Waals surface area contributed by atoms with E-state index in [0.717, 1.165) is 11.3 Å². The molecule has 2 rings (SSSR count). The van der Waals surface area contributed by atoms with Gasteiger partial charge in [0.25, 0.3) is 5.91 Å². The van der Waals surface area contributed by atoms with Crippen LogP contribution in [-0.2, 0) is 6.42 Å². The van der Waals surface area contributed by atoms with E-state index in [4.69, 9.17) is 18.0 Å². The molecule has 0 aliphatic rings. The first-order chi connectivity index (χ1) is 9.52. The lowest BCUT2D eigenvalue weighted by atomic mass is 10.1. The molecule has 0 radical (unpaired) electrons. The third kappa shape index (κ3) is 3.02. The zero-order valence-electron chi connectivity index (χ0n) is 10.8. The Bertz CT molecular complexity index is 667. The first-order valence-electron chi connectivity index (χ1n) is 6.01. The van der Waals surface area contributed by atoms with Gasteiger partial charge in [-0.1, -0.05) is 25.2 Å². The highest BCUT2D eigenvalue weighted by atomic mass is 32.1. The summed E-state index contributed by atoms with van der Waals surface area (Å²) >= 11 is 6.23. The van der Waals surface area contributed by atoms with Gasteiger partial charge in [-0.2, -0.15) is 0 Å². The minimum Gasteiger partial charge on any atom is -0.389 e. The van der Waals surface area contributed by atoms with Crippen LogP contribution < -0.4 is 11.1 Å². The number of hydrogen-bond acceptors (Lipinski definition) is 3. The van der Waals surface area contributed by atoms with Crippen molar-refractivity contribution >= 4 is 40.1 Å². The van der Waals surface area contributed by atoms with Crippen molar-refractivity contribution < 1.29 is 9.18 Å². The van der Waals surface area contributed by atoms with Gasteiger partial charge in [0.1, 0.15) is 10.8 Å². The van der Waals surface area contributed by atoms with Gasteiger partial charge in [0.2, 0.25) is 0 Å². The summed E-state index contributed by atoms with van der Waals surface area (Å²) in [6.07, 6.45) is 0.871.